The summed E-state index contributed by atoms with van der Waals surface area (Å²) >= 11 is 0. The van der Waals surface area contributed by atoms with Crippen molar-refractivity contribution in [1.82, 2.24) is 20.4 Å². The van der Waals surface area contributed by atoms with E-state index in [4.69, 9.17) is 0 Å². The van der Waals surface area contributed by atoms with Crippen LogP contribution in [0.15, 0.2) is 41.7 Å². The van der Waals surface area contributed by atoms with Gasteiger partial charge >= 0.3 is 0 Å². The van der Waals surface area contributed by atoms with Crippen molar-refractivity contribution in [2.45, 2.75) is 25.4 Å². The van der Waals surface area contributed by atoms with Crippen molar-refractivity contribution >= 4 is 35.6 Å². The van der Waals surface area contributed by atoms with Crippen LogP contribution in [0.4, 0.5) is 14.5 Å². The number of nitrogens with one attached hydrogen (secondary N) is 2. The standard InChI is InChI=1S/C18H24F2N6.HI/c1-21-18(22-8-3-10-26-11-4-9-23-26)24-14-7-12-25(13-14)17-15(19)5-2-6-16(17)20;/h2,4-6,9,11,14H,3,7-8,10,12-13H2,1H3,(H2,21,22,24);1H. The molecule has 2 heterocycles. The Hall–Kier alpha value is -1.91. The molecule has 1 saturated heterocycles. The zero-order valence-electron chi connectivity index (χ0n) is 15.2. The molecule has 0 aliphatic carbocycles. The highest BCUT2D eigenvalue weighted by Crippen LogP contribution is 2.26. The van der Waals surface area contributed by atoms with Crippen molar-refractivity contribution in [3.63, 3.8) is 0 Å². The van der Waals surface area contributed by atoms with Gasteiger partial charge in [-0.3, -0.25) is 9.67 Å². The number of aliphatic imine (C=N–C) groups is 1. The zero-order chi connectivity index (χ0) is 18.4. The number of aryl methyl sites for hydroxylation is 1. The third-order valence-electron chi connectivity index (χ3n) is 4.42. The predicted molar refractivity (Wildman–Crippen MR) is 114 cm³/mol. The molecule has 0 spiro atoms. The van der Waals surface area contributed by atoms with Gasteiger partial charge in [-0.15, -0.1) is 24.0 Å². The molecule has 0 saturated carbocycles. The summed E-state index contributed by atoms with van der Waals surface area (Å²) in [5, 5.41) is 10.8. The van der Waals surface area contributed by atoms with E-state index in [1.54, 1.807) is 18.1 Å². The smallest absolute Gasteiger partial charge is 0.191 e. The number of nitrogens with zero attached hydrogens (tertiary/aromatic N) is 4. The molecule has 0 bridgehead atoms. The van der Waals surface area contributed by atoms with Crippen molar-refractivity contribution in [3.8, 4) is 0 Å². The lowest BCUT2D eigenvalue weighted by atomic mass is 10.2. The number of benzene rings is 1. The maximum Gasteiger partial charge on any atom is 0.191 e. The second kappa shape index (κ2) is 10.4. The van der Waals surface area contributed by atoms with Gasteiger partial charge in [-0.2, -0.15) is 5.10 Å². The number of guanidine groups is 1. The summed E-state index contributed by atoms with van der Waals surface area (Å²) in [6.45, 7) is 2.73. The van der Waals surface area contributed by atoms with E-state index in [0.29, 0.717) is 19.0 Å². The molecule has 148 valence electrons. The fourth-order valence-corrected chi connectivity index (χ4v) is 3.14. The molecule has 0 radical (unpaired) electrons. The molecule has 2 N–H and O–H groups in total. The predicted octanol–water partition coefficient (Wildman–Crippen LogP) is 2.61. The van der Waals surface area contributed by atoms with E-state index >= 15 is 0 Å². The van der Waals surface area contributed by atoms with Crippen LogP contribution < -0.4 is 15.5 Å². The molecular formula is C18H25F2IN6. The quantitative estimate of drug-likeness (QED) is 0.283. The van der Waals surface area contributed by atoms with Crippen LogP contribution in [-0.4, -0.2) is 48.5 Å². The van der Waals surface area contributed by atoms with Crippen LogP contribution in [0.3, 0.4) is 0 Å². The minimum atomic E-state index is -0.522. The number of hydrogen-bond acceptors (Lipinski definition) is 3. The molecule has 3 rings (SSSR count). The van der Waals surface area contributed by atoms with Crippen molar-refractivity contribution in [2.24, 2.45) is 4.99 Å². The molecule has 2 aromatic rings. The lowest BCUT2D eigenvalue weighted by Crippen LogP contribution is -2.45. The first-order valence-corrected chi connectivity index (χ1v) is 8.81. The largest absolute Gasteiger partial charge is 0.365 e. The number of rotatable bonds is 6. The van der Waals surface area contributed by atoms with Gasteiger partial charge < -0.3 is 15.5 Å². The lowest BCUT2D eigenvalue weighted by molar-refractivity contribution is 0.565. The topological polar surface area (TPSA) is 57.5 Å². The molecule has 1 aliphatic rings. The summed E-state index contributed by atoms with van der Waals surface area (Å²) in [6, 6.07) is 5.96. The molecule has 1 aromatic heterocycles. The first-order chi connectivity index (χ1) is 12.7. The van der Waals surface area contributed by atoms with E-state index in [2.05, 4.69) is 20.7 Å². The monoisotopic (exact) mass is 490 g/mol. The number of anilines is 1. The minimum absolute atomic E-state index is 0. The average Bonchev–Trinajstić information content (AvgIpc) is 3.29. The first kappa shape index (κ1) is 21.4. The Morgan fingerprint density at radius 1 is 1.30 bits per heavy atom. The van der Waals surface area contributed by atoms with Gasteiger partial charge in [-0.1, -0.05) is 6.07 Å². The Morgan fingerprint density at radius 3 is 2.74 bits per heavy atom. The maximum atomic E-state index is 13.9. The molecule has 1 unspecified atom stereocenters. The van der Waals surface area contributed by atoms with Crippen LogP contribution in [0, 0.1) is 11.6 Å². The second-order valence-electron chi connectivity index (χ2n) is 6.27. The van der Waals surface area contributed by atoms with Gasteiger partial charge in [0.1, 0.15) is 17.3 Å². The summed E-state index contributed by atoms with van der Waals surface area (Å²) in [6.07, 6.45) is 5.40. The zero-order valence-corrected chi connectivity index (χ0v) is 17.6. The normalized spacial score (nSPS) is 16.9. The first-order valence-electron chi connectivity index (χ1n) is 8.81. The number of hydrogen-bond donors (Lipinski definition) is 2. The molecular weight excluding hydrogens is 465 g/mol. The van der Waals surface area contributed by atoms with Crippen LogP contribution in [-0.2, 0) is 6.54 Å². The Labute approximate surface area is 175 Å². The molecule has 1 aliphatic heterocycles. The highest BCUT2D eigenvalue weighted by atomic mass is 127. The molecule has 27 heavy (non-hydrogen) atoms. The summed E-state index contributed by atoms with van der Waals surface area (Å²) < 4.78 is 29.8. The molecule has 6 nitrogen and oxygen atoms in total. The maximum absolute atomic E-state index is 13.9. The van der Waals surface area contributed by atoms with Crippen LogP contribution in [0.5, 0.6) is 0 Å². The number of aromatic nitrogens is 2. The van der Waals surface area contributed by atoms with Crippen LogP contribution in [0.1, 0.15) is 12.8 Å². The van der Waals surface area contributed by atoms with E-state index in [0.717, 1.165) is 25.9 Å². The van der Waals surface area contributed by atoms with Gasteiger partial charge in [-0.05, 0) is 31.0 Å². The molecule has 1 fully saturated rings. The fourth-order valence-electron chi connectivity index (χ4n) is 3.14. The van der Waals surface area contributed by atoms with Gasteiger partial charge in [0.05, 0.1) is 0 Å². The van der Waals surface area contributed by atoms with Gasteiger partial charge in [0, 0.05) is 51.7 Å². The Balaban J connectivity index is 0.00000261. The highest BCUT2D eigenvalue weighted by Gasteiger charge is 2.27. The van der Waals surface area contributed by atoms with Crippen LogP contribution in [0.25, 0.3) is 0 Å². The van der Waals surface area contributed by atoms with Crippen molar-refractivity contribution in [3.05, 3.63) is 48.3 Å². The molecule has 9 heteroatoms. The van der Waals surface area contributed by atoms with E-state index < -0.39 is 11.6 Å². The molecule has 1 aromatic carbocycles. The second-order valence-corrected chi connectivity index (χ2v) is 6.27. The fraction of sp³-hybridized carbons (Fsp3) is 0.444. The van der Waals surface area contributed by atoms with E-state index in [-0.39, 0.29) is 35.7 Å². The van der Waals surface area contributed by atoms with Gasteiger partial charge in [0.15, 0.2) is 5.96 Å². The minimum Gasteiger partial charge on any atom is -0.365 e. The summed E-state index contributed by atoms with van der Waals surface area (Å²) in [5.41, 5.74) is 0.0546. The van der Waals surface area contributed by atoms with Crippen LogP contribution >= 0.6 is 24.0 Å². The van der Waals surface area contributed by atoms with Gasteiger partial charge in [0.25, 0.3) is 0 Å². The molecule has 1 atom stereocenters. The Morgan fingerprint density at radius 2 is 2.07 bits per heavy atom. The van der Waals surface area contributed by atoms with E-state index in [1.165, 1.54) is 18.2 Å². The van der Waals surface area contributed by atoms with Crippen LogP contribution in [0.2, 0.25) is 0 Å². The summed E-state index contributed by atoms with van der Waals surface area (Å²) in [5.74, 6) is -0.343. The Kier molecular flexibility index (Phi) is 8.26. The van der Waals surface area contributed by atoms with Gasteiger partial charge in [0.2, 0.25) is 0 Å². The summed E-state index contributed by atoms with van der Waals surface area (Å²) in [7, 11) is 1.71. The van der Waals surface area contributed by atoms with Gasteiger partial charge in [-0.25, -0.2) is 8.78 Å². The third kappa shape index (κ3) is 5.78. The Bertz CT molecular complexity index is 717. The average molecular weight is 490 g/mol. The number of halogens is 3. The highest BCUT2D eigenvalue weighted by molar-refractivity contribution is 14.0. The van der Waals surface area contributed by atoms with E-state index in [1.807, 2.05) is 16.9 Å². The van der Waals surface area contributed by atoms with Crippen molar-refractivity contribution in [2.75, 3.05) is 31.6 Å². The third-order valence-corrected chi connectivity index (χ3v) is 4.42. The lowest BCUT2D eigenvalue weighted by Gasteiger charge is -2.21. The number of para-hydroxylation sites is 1. The molecule has 0 amide bonds. The van der Waals surface area contributed by atoms with Crippen molar-refractivity contribution < 1.29 is 8.78 Å². The van der Waals surface area contributed by atoms with Crippen molar-refractivity contribution in [1.29, 1.82) is 0 Å². The SMILES string of the molecule is CN=C(NCCCn1cccn1)NC1CCN(c2c(F)cccc2F)C1.I. The van der Waals surface area contributed by atoms with E-state index in [9.17, 15) is 8.78 Å². The summed E-state index contributed by atoms with van der Waals surface area (Å²) in [4.78, 5) is 5.97.